The molecule has 1 aromatic carbocycles. The van der Waals surface area contributed by atoms with Gasteiger partial charge in [-0.15, -0.1) is 24.0 Å². The number of hydrogen-bond donors (Lipinski definition) is 2. The van der Waals surface area contributed by atoms with Crippen molar-refractivity contribution in [1.82, 2.24) is 15.6 Å². The first-order chi connectivity index (χ1) is 15.0. The van der Waals surface area contributed by atoms with E-state index in [4.69, 9.17) is 4.74 Å². The van der Waals surface area contributed by atoms with Crippen LogP contribution in [0.5, 0.6) is 5.75 Å². The molecule has 0 amide bonds. The van der Waals surface area contributed by atoms with Crippen LogP contribution in [0.1, 0.15) is 25.0 Å². The van der Waals surface area contributed by atoms with E-state index in [0.717, 1.165) is 24.5 Å². The summed E-state index contributed by atoms with van der Waals surface area (Å²) in [5.74, 6) is 1.66. The molecule has 0 bridgehead atoms. The van der Waals surface area contributed by atoms with Gasteiger partial charge < -0.3 is 25.0 Å². The number of halogens is 3. The quantitative estimate of drug-likeness (QED) is 0.291. The average Bonchev–Trinajstić information content (AvgIpc) is 2.76. The normalized spacial score (nSPS) is 16.5. The highest BCUT2D eigenvalue weighted by atomic mass is 127. The third-order valence-electron chi connectivity index (χ3n) is 4.77. The van der Waals surface area contributed by atoms with Gasteiger partial charge >= 0.3 is 6.61 Å². The number of morpholine rings is 1. The lowest BCUT2D eigenvalue weighted by molar-refractivity contribution is -0.0504. The van der Waals surface area contributed by atoms with Gasteiger partial charge in [0.15, 0.2) is 5.96 Å². The largest absolute Gasteiger partial charge is 0.434 e. The number of hydrogen-bond acceptors (Lipinski definition) is 5. The number of aliphatic imine (C=N–C) groups is 1. The van der Waals surface area contributed by atoms with Crippen LogP contribution in [0.2, 0.25) is 0 Å². The van der Waals surface area contributed by atoms with E-state index in [1.807, 2.05) is 19.1 Å². The zero-order valence-electron chi connectivity index (χ0n) is 18.3. The second kappa shape index (κ2) is 13.4. The second-order valence-corrected chi connectivity index (χ2v) is 7.18. The number of guanidine groups is 1. The summed E-state index contributed by atoms with van der Waals surface area (Å²) < 4.78 is 35.4. The van der Waals surface area contributed by atoms with E-state index in [0.29, 0.717) is 37.8 Å². The third-order valence-corrected chi connectivity index (χ3v) is 4.77. The number of anilines is 1. The summed E-state index contributed by atoms with van der Waals surface area (Å²) in [7, 11) is 0. The maximum absolute atomic E-state index is 12.6. The number of benzene rings is 1. The van der Waals surface area contributed by atoms with E-state index in [2.05, 4.69) is 37.2 Å². The zero-order valence-corrected chi connectivity index (χ0v) is 20.6. The molecule has 32 heavy (non-hydrogen) atoms. The molecule has 7 nitrogen and oxygen atoms in total. The van der Waals surface area contributed by atoms with Gasteiger partial charge in [-0.2, -0.15) is 8.78 Å². The Morgan fingerprint density at radius 3 is 2.88 bits per heavy atom. The predicted octanol–water partition coefficient (Wildman–Crippen LogP) is 3.78. The van der Waals surface area contributed by atoms with Crippen LogP contribution < -0.4 is 20.3 Å². The molecule has 1 fully saturated rings. The van der Waals surface area contributed by atoms with Crippen molar-refractivity contribution < 1.29 is 18.3 Å². The van der Waals surface area contributed by atoms with Crippen molar-refractivity contribution in [1.29, 1.82) is 0 Å². The van der Waals surface area contributed by atoms with Gasteiger partial charge in [0, 0.05) is 37.9 Å². The van der Waals surface area contributed by atoms with Crippen LogP contribution in [0, 0.1) is 0 Å². The molecular weight excluding hydrogens is 531 g/mol. The van der Waals surface area contributed by atoms with Gasteiger partial charge in [-0.05, 0) is 37.6 Å². The van der Waals surface area contributed by atoms with E-state index >= 15 is 0 Å². The van der Waals surface area contributed by atoms with Gasteiger partial charge in [0.05, 0.1) is 19.3 Å². The van der Waals surface area contributed by atoms with Crippen molar-refractivity contribution in [2.24, 2.45) is 4.99 Å². The molecule has 0 aliphatic carbocycles. The van der Waals surface area contributed by atoms with Crippen LogP contribution in [0.25, 0.3) is 0 Å². The monoisotopic (exact) mass is 561 g/mol. The highest BCUT2D eigenvalue weighted by Crippen LogP contribution is 2.20. The van der Waals surface area contributed by atoms with Gasteiger partial charge in [0.2, 0.25) is 0 Å². The third kappa shape index (κ3) is 8.05. The number of pyridine rings is 1. The first-order valence-electron chi connectivity index (χ1n) is 10.4. The van der Waals surface area contributed by atoms with Crippen LogP contribution in [-0.4, -0.2) is 49.9 Å². The molecule has 0 radical (unpaired) electrons. The molecule has 3 rings (SSSR count). The summed E-state index contributed by atoms with van der Waals surface area (Å²) in [5.41, 5.74) is 1.66. The molecule has 0 saturated carbocycles. The fraction of sp³-hybridized carbons (Fsp3) is 0.455. The molecule has 176 valence electrons. The highest BCUT2D eigenvalue weighted by Gasteiger charge is 2.18. The van der Waals surface area contributed by atoms with Crippen molar-refractivity contribution in [3.05, 3.63) is 53.7 Å². The molecule has 10 heteroatoms. The van der Waals surface area contributed by atoms with Crippen molar-refractivity contribution in [3.63, 3.8) is 0 Å². The minimum absolute atomic E-state index is 0. The van der Waals surface area contributed by atoms with Crippen LogP contribution in [0.4, 0.5) is 14.6 Å². The molecule has 0 spiro atoms. The number of aromatic nitrogens is 1. The average molecular weight is 561 g/mol. The fourth-order valence-corrected chi connectivity index (χ4v) is 3.31. The summed E-state index contributed by atoms with van der Waals surface area (Å²) in [6.07, 6.45) is 1.97. The first-order valence-corrected chi connectivity index (χ1v) is 10.4. The fourth-order valence-electron chi connectivity index (χ4n) is 3.31. The Hall–Kier alpha value is -2.21. The molecule has 2 aromatic rings. The predicted molar refractivity (Wildman–Crippen MR) is 132 cm³/mol. The molecular formula is C22H30F2IN5O2. The molecule has 1 aliphatic heterocycles. The summed E-state index contributed by atoms with van der Waals surface area (Å²) in [6.45, 7) is 4.91. The van der Waals surface area contributed by atoms with Gasteiger partial charge in [-0.3, -0.25) is 0 Å². The van der Waals surface area contributed by atoms with Gasteiger partial charge in [-0.1, -0.05) is 18.2 Å². The molecule has 1 aromatic heterocycles. The minimum atomic E-state index is -2.86. The van der Waals surface area contributed by atoms with Gasteiger partial charge in [0.25, 0.3) is 0 Å². The Bertz CT molecular complexity index is 872. The maximum Gasteiger partial charge on any atom is 0.387 e. The molecule has 1 saturated heterocycles. The molecule has 1 aliphatic rings. The number of alkyl halides is 2. The van der Waals surface area contributed by atoms with Crippen molar-refractivity contribution in [3.8, 4) is 5.75 Å². The Labute approximate surface area is 204 Å². The lowest BCUT2D eigenvalue weighted by atomic mass is 10.2. The lowest BCUT2D eigenvalue weighted by Gasteiger charge is -2.32. The van der Waals surface area contributed by atoms with E-state index in [1.165, 1.54) is 6.07 Å². The summed E-state index contributed by atoms with van der Waals surface area (Å²) in [6, 6.07) is 10.7. The number of ether oxygens (including phenoxy) is 2. The number of nitrogens with zero attached hydrogens (tertiary/aromatic N) is 3. The number of rotatable bonds is 8. The highest BCUT2D eigenvalue weighted by molar-refractivity contribution is 14.0. The Balaban J connectivity index is 0.00000363. The maximum atomic E-state index is 12.6. The SMILES string of the molecule is CCNC(=NCc1ccnc(N2CCOC(C)C2)c1)NCc1ccccc1OC(F)F.I. The number of nitrogens with one attached hydrogen (secondary N) is 2. The summed E-state index contributed by atoms with van der Waals surface area (Å²) in [4.78, 5) is 11.3. The zero-order chi connectivity index (χ0) is 22.1. The Kier molecular flexibility index (Phi) is 10.9. The Morgan fingerprint density at radius 2 is 2.12 bits per heavy atom. The molecule has 2 heterocycles. The van der Waals surface area contributed by atoms with E-state index in [-0.39, 0.29) is 35.8 Å². The standard InChI is InChI=1S/C22H29F2N5O2.HI/c1-3-25-22(28-14-18-6-4-5-7-19(18)31-21(23)24)27-13-17-8-9-26-20(12-17)29-10-11-30-16(2)15-29;/h4-9,12,16,21H,3,10-11,13-15H2,1-2H3,(H2,25,27,28);1H. The van der Waals surface area contributed by atoms with Gasteiger partial charge in [-0.25, -0.2) is 9.98 Å². The Morgan fingerprint density at radius 1 is 1.31 bits per heavy atom. The second-order valence-electron chi connectivity index (χ2n) is 7.18. The van der Waals surface area contributed by atoms with E-state index < -0.39 is 6.61 Å². The van der Waals surface area contributed by atoms with Crippen molar-refractivity contribution >= 4 is 35.8 Å². The smallest absolute Gasteiger partial charge is 0.387 e. The first kappa shape index (κ1) is 26.0. The topological polar surface area (TPSA) is 71.0 Å². The minimum Gasteiger partial charge on any atom is -0.434 e. The van der Waals surface area contributed by atoms with Crippen LogP contribution in [0.3, 0.4) is 0 Å². The number of para-hydroxylation sites is 1. The van der Waals surface area contributed by atoms with Gasteiger partial charge in [0.1, 0.15) is 11.6 Å². The van der Waals surface area contributed by atoms with Crippen LogP contribution >= 0.6 is 24.0 Å². The molecule has 1 atom stereocenters. The molecule has 1 unspecified atom stereocenters. The van der Waals surface area contributed by atoms with E-state index in [1.54, 1.807) is 24.4 Å². The molecule has 2 N–H and O–H groups in total. The summed E-state index contributed by atoms with van der Waals surface area (Å²) >= 11 is 0. The van der Waals surface area contributed by atoms with Crippen molar-refractivity contribution in [2.45, 2.75) is 39.7 Å². The summed E-state index contributed by atoms with van der Waals surface area (Å²) in [5, 5.41) is 6.35. The van der Waals surface area contributed by atoms with Crippen LogP contribution in [-0.2, 0) is 17.8 Å². The van der Waals surface area contributed by atoms with Crippen LogP contribution in [0.15, 0.2) is 47.6 Å². The van der Waals surface area contributed by atoms with E-state index in [9.17, 15) is 8.78 Å². The lowest BCUT2D eigenvalue weighted by Crippen LogP contribution is -2.41. The van der Waals surface area contributed by atoms with Crippen molar-refractivity contribution in [2.75, 3.05) is 31.1 Å².